The van der Waals surface area contributed by atoms with Gasteiger partial charge in [-0.3, -0.25) is 0 Å². The van der Waals surface area contributed by atoms with E-state index in [0.717, 1.165) is 16.7 Å². The Morgan fingerprint density at radius 3 is 2.84 bits per heavy atom. The highest BCUT2D eigenvalue weighted by Gasteiger charge is 2.26. The summed E-state index contributed by atoms with van der Waals surface area (Å²) in [6, 6.07) is 6.18. The third kappa shape index (κ3) is 2.21. The number of nitrogens with zero attached hydrogens (tertiary/aromatic N) is 3. The van der Waals surface area contributed by atoms with Crippen LogP contribution in [0.25, 0.3) is 10.9 Å². The average molecular weight is 258 g/mol. The Bertz CT molecular complexity index is 583. The maximum absolute atomic E-state index is 9.28. The van der Waals surface area contributed by atoms with Gasteiger partial charge in [0.25, 0.3) is 0 Å². The molecule has 0 amide bonds. The fraction of sp³-hybridized carbons (Fsp3) is 0.429. The van der Waals surface area contributed by atoms with Crippen LogP contribution >= 0.6 is 0 Å². The molecule has 3 rings (SSSR count). The number of hydrogen-bond donors (Lipinski definition) is 2. The fourth-order valence-electron chi connectivity index (χ4n) is 2.56. The molecule has 0 aliphatic heterocycles. The van der Waals surface area contributed by atoms with Crippen LogP contribution in [0.4, 0.5) is 11.5 Å². The molecule has 1 saturated carbocycles. The van der Waals surface area contributed by atoms with Crippen LogP contribution in [0.1, 0.15) is 19.3 Å². The highest BCUT2D eigenvalue weighted by molar-refractivity contribution is 5.91. The molecule has 1 aromatic heterocycles. The summed E-state index contributed by atoms with van der Waals surface area (Å²) in [7, 11) is 0. The minimum Gasteiger partial charge on any atom is -0.399 e. The lowest BCUT2D eigenvalue weighted by Gasteiger charge is -2.38. The van der Waals surface area contributed by atoms with Crippen molar-refractivity contribution < 1.29 is 5.11 Å². The summed E-state index contributed by atoms with van der Waals surface area (Å²) in [6.07, 6.45) is 5.16. The van der Waals surface area contributed by atoms with Crippen LogP contribution in [-0.2, 0) is 0 Å². The van der Waals surface area contributed by atoms with Crippen molar-refractivity contribution in [1.29, 1.82) is 0 Å². The zero-order chi connectivity index (χ0) is 13.2. The van der Waals surface area contributed by atoms with Gasteiger partial charge < -0.3 is 15.7 Å². The van der Waals surface area contributed by atoms with E-state index in [-0.39, 0.29) is 6.61 Å². The van der Waals surface area contributed by atoms with E-state index >= 15 is 0 Å². The first kappa shape index (κ1) is 12.2. The summed E-state index contributed by atoms with van der Waals surface area (Å²) in [5, 5.41) is 10.3. The lowest BCUT2D eigenvalue weighted by Crippen LogP contribution is -2.42. The number of fused-ring (bicyclic) bond motifs is 1. The second-order valence-corrected chi connectivity index (χ2v) is 4.98. The van der Waals surface area contributed by atoms with E-state index in [9.17, 15) is 5.11 Å². The first-order chi connectivity index (χ1) is 9.29. The van der Waals surface area contributed by atoms with Gasteiger partial charge in [0.1, 0.15) is 12.1 Å². The molecule has 5 nitrogen and oxygen atoms in total. The minimum absolute atomic E-state index is 0.136. The Morgan fingerprint density at radius 1 is 1.32 bits per heavy atom. The summed E-state index contributed by atoms with van der Waals surface area (Å²) < 4.78 is 0. The fourth-order valence-corrected chi connectivity index (χ4v) is 2.56. The molecule has 100 valence electrons. The van der Waals surface area contributed by atoms with Gasteiger partial charge in [0.05, 0.1) is 12.1 Å². The molecule has 0 atom stereocenters. The Hall–Kier alpha value is -1.88. The maximum Gasteiger partial charge on any atom is 0.140 e. The third-order valence-corrected chi connectivity index (χ3v) is 3.77. The van der Waals surface area contributed by atoms with Gasteiger partial charge in [-0.2, -0.15) is 0 Å². The number of aliphatic hydroxyl groups is 1. The molecule has 0 unspecified atom stereocenters. The molecule has 2 aromatic rings. The van der Waals surface area contributed by atoms with E-state index < -0.39 is 0 Å². The summed E-state index contributed by atoms with van der Waals surface area (Å²) in [6.45, 7) is 0.748. The van der Waals surface area contributed by atoms with E-state index in [1.54, 1.807) is 6.33 Å². The van der Waals surface area contributed by atoms with Gasteiger partial charge in [-0.15, -0.1) is 0 Å². The Balaban J connectivity index is 2.06. The number of aliphatic hydroxyl groups excluding tert-OH is 1. The van der Waals surface area contributed by atoms with Gasteiger partial charge in [-0.05, 0) is 37.5 Å². The highest BCUT2D eigenvalue weighted by Crippen LogP contribution is 2.32. The van der Waals surface area contributed by atoms with E-state index in [1.807, 2.05) is 18.2 Å². The first-order valence-corrected chi connectivity index (χ1v) is 6.67. The largest absolute Gasteiger partial charge is 0.399 e. The van der Waals surface area contributed by atoms with Crippen LogP contribution in [-0.4, -0.2) is 34.3 Å². The monoisotopic (exact) mass is 258 g/mol. The summed E-state index contributed by atoms with van der Waals surface area (Å²) in [5.74, 6) is 0.906. The molecule has 0 saturated heterocycles. The molecule has 0 bridgehead atoms. The minimum atomic E-state index is 0.136. The number of benzene rings is 1. The SMILES string of the molecule is Nc1ccc2c(N(CCO)C3CCC3)ncnc2c1. The van der Waals surface area contributed by atoms with Crippen molar-refractivity contribution in [2.45, 2.75) is 25.3 Å². The molecular formula is C14H18N4O. The Morgan fingerprint density at radius 2 is 2.16 bits per heavy atom. The molecule has 1 aliphatic rings. The molecule has 1 aromatic carbocycles. The molecule has 1 heterocycles. The van der Waals surface area contributed by atoms with Crippen molar-refractivity contribution in [2.24, 2.45) is 0 Å². The molecule has 3 N–H and O–H groups in total. The van der Waals surface area contributed by atoms with Crippen LogP contribution in [0.15, 0.2) is 24.5 Å². The summed E-state index contributed by atoms with van der Waals surface area (Å²) in [5.41, 5.74) is 7.35. The molecule has 5 heteroatoms. The summed E-state index contributed by atoms with van der Waals surface area (Å²) >= 11 is 0. The number of rotatable bonds is 4. The number of nitrogen functional groups attached to an aromatic ring is 1. The molecular weight excluding hydrogens is 240 g/mol. The smallest absolute Gasteiger partial charge is 0.140 e. The molecule has 1 fully saturated rings. The Labute approximate surface area is 112 Å². The topological polar surface area (TPSA) is 75.3 Å². The number of nitrogens with two attached hydrogens (primary N) is 1. The molecule has 0 radical (unpaired) electrons. The van der Waals surface area contributed by atoms with Gasteiger partial charge in [0, 0.05) is 23.7 Å². The van der Waals surface area contributed by atoms with Crippen molar-refractivity contribution in [3.05, 3.63) is 24.5 Å². The van der Waals surface area contributed by atoms with Gasteiger partial charge in [-0.1, -0.05) is 0 Å². The molecule has 0 spiro atoms. The van der Waals surface area contributed by atoms with Gasteiger partial charge >= 0.3 is 0 Å². The third-order valence-electron chi connectivity index (χ3n) is 3.77. The molecule has 19 heavy (non-hydrogen) atoms. The van der Waals surface area contributed by atoms with E-state index in [1.165, 1.54) is 19.3 Å². The van der Waals surface area contributed by atoms with E-state index in [4.69, 9.17) is 5.73 Å². The second-order valence-electron chi connectivity index (χ2n) is 4.98. The lowest BCUT2D eigenvalue weighted by atomic mass is 9.91. The van der Waals surface area contributed by atoms with Crippen LogP contribution in [0.5, 0.6) is 0 Å². The van der Waals surface area contributed by atoms with Crippen molar-refractivity contribution in [3.8, 4) is 0 Å². The molecule has 1 aliphatic carbocycles. The zero-order valence-corrected chi connectivity index (χ0v) is 10.8. The van der Waals surface area contributed by atoms with Gasteiger partial charge in [-0.25, -0.2) is 9.97 Å². The van der Waals surface area contributed by atoms with Crippen molar-refractivity contribution in [1.82, 2.24) is 9.97 Å². The standard InChI is InChI=1S/C14H18N4O/c15-10-4-5-12-13(8-10)16-9-17-14(12)18(6-7-19)11-2-1-3-11/h4-5,8-9,11,19H,1-3,6-7,15H2. The van der Waals surface area contributed by atoms with Crippen molar-refractivity contribution >= 4 is 22.4 Å². The predicted octanol–water partition coefficient (Wildman–Crippen LogP) is 1.56. The number of anilines is 2. The van der Waals surface area contributed by atoms with Crippen LogP contribution in [0.2, 0.25) is 0 Å². The second kappa shape index (κ2) is 5.01. The lowest BCUT2D eigenvalue weighted by molar-refractivity contribution is 0.283. The summed E-state index contributed by atoms with van der Waals surface area (Å²) in [4.78, 5) is 10.9. The van der Waals surface area contributed by atoms with E-state index in [0.29, 0.717) is 18.3 Å². The van der Waals surface area contributed by atoms with Gasteiger partial charge in [0.15, 0.2) is 0 Å². The highest BCUT2D eigenvalue weighted by atomic mass is 16.3. The van der Waals surface area contributed by atoms with Crippen molar-refractivity contribution in [2.75, 3.05) is 23.8 Å². The number of aromatic nitrogens is 2. The predicted molar refractivity (Wildman–Crippen MR) is 76.0 cm³/mol. The quantitative estimate of drug-likeness (QED) is 0.814. The zero-order valence-electron chi connectivity index (χ0n) is 10.8. The van der Waals surface area contributed by atoms with Crippen LogP contribution in [0, 0.1) is 0 Å². The van der Waals surface area contributed by atoms with Crippen LogP contribution < -0.4 is 10.6 Å². The average Bonchev–Trinajstić information content (AvgIpc) is 2.35. The maximum atomic E-state index is 9.28. The van der Waals surface area contributed by atoms with E-state index in [2.05, 4.69) is 14.9 Å². The van der Waals surface area contributed by atoms with Crippen molar-refractivity contribution in [3.63, 3.8) is 0 Å². The van der Waals surface area contributed by atoms with Crippen LogP contribution in [0.3, 0.4) is 0 Å². The van der Waals surface area contributed by atoms with Gasteiger partial charge in [0.2, 0.25) is 0 Å². The normalized spacial score (nSPS) is 15.4. The number of hydrogen-bond acceptors (Lipinski definition) is 5. The first-order valence-electron chi connectivity index (χ1n) is 6.67. The Kier molecular flexibility index (Phi) is 3.21.